The summed E-state index contributed by atoms with van der Waals surface area (Å²) in [6, 6.07) is 3.99. The number of fused-ring (bicyclic) bond motifs is 1. The zero-order chi connectivity index (χ0) is 18.5. The van der Waals surface area contributed by atoms with Crippen LogP contribution >= 0.6 is 0 Å². The van der Waals surface area contributed by atoms with Crippen molar-refractivity contribution in [3.05, 3.63) is 29.6 Å². The standard InChI is InChI=1S/C18H23FN4O3/c1-18-9-11(10-18)15(23(18)17(25)26)16(24)12-5-4-6-13(14(12)19)20-21-22-7-2-3-8-22/h4-6,11,15-16,24H,2-3,7-10H2,1H3,(H,25,26)/b21-20+/t11?,15-,16+,18?/m1/s1. The molecule has 3 heterocycles. The quantitative estimate of drug-likeness (QED) is 0.803. The van der Waals surface area contributed by atoms with Gasteiger partial charge in [-0.3, -0.25) is 9.91 Å². The SMILES string of the molecule is CC12CC(C1)[C@H]([C@@H](O)c1cccc(/N=N/N3CCCC3)c1F)N2C(=O)O. The summed E-state index contributed by atoms with van der Waals surface area (Å²) in [5.41, 5.74) is -0.312. The molecule has 0 radical (unpaired) electrons. The van der Waals surface area contributed by atoms with Crippen LogP contribution in [0.4, 0.5) is 14.9 Å². The van der Waals surface area contributed by atoms with Crippen molar-refractivity contribution in [1.82, 2.24) is 9.91 Å². The third kappa shape index (κ3) is 2.63. The minimum absolute atomic E-state index is 0.0559. The molecule has 5 rings (SSSR count). The molecule has 2 N–H and O–H groups in total. The Morgan fingerprint density at radius 1 is 1.35 bits per heavy atom. The maximum Gasteiger partial charge on any atom is 0.408 e. The van der Waals surface area contributed by atoms with Crippen molar-refractivity contribution in [2.24, 2.45) is 16.3 Å². The number of hydrogen-bond acceptors (Lipinski definition) is 4. The maximum atomic E-state index is 14.9. The van der Waals surface area contributed by atoms with Gasteiger partial charge in [0.1, 0.15) is 11.8 Å². The van der Waals surface area contributed by atoms with E-state index in [4.69, 9.17) is 0 Å². The number of hydrogen-bond donors (Lipinski definition) is 2. The van der Waals surface area contributed by atoms with Crippen molar-refractivity contribution in [1.29, 1.82) is 0 Å². The first-order valence-corrected chi connectivity index (χ1v) is 9.06. The first-order chi connectivity index (χ1) is 12.4. The number of benzene rings is 1. The molecule has 4 fully saturated rings. The lowest BCUT2D eigenvalue weighted by Crippen LogP contribution is -2.47. The minimum atomic E-state index is -1.22. The molecule has 26 heavy (non-hydrogen) atoms. The zero-order valence-electron chi connectivity index (χ0n) is 14.7. The molecule has 4 aliphatic rings. The molecule has 0 aromatic heterocycles. The maximum absolute atomic E-state index is 14.9. The van der Waals surface area contributed by atoms with Gasteiger partial charge in [-0.1, -0.05) is 17.4 Å². The molecule has 3 saturated heterocycles. The van der Waals surface area contributed by atoms with Gasteiger partial charge in [0.25, 0.3) is 0 Å². The molecular weight excluding hydrogens is 339 g/mol. The number of amides is 1. The van der Waals surface area contributed by atoms with Gasteiger partial charge < -0.3 is 10.2 Å². The summed E-state index contributed by atoms with van der Waals surface area (Å²) in [7, 11) is 0. The average Bonchev–Trinajstić information content (AvgIpc) is 3.25. The lowest BCUT2D eigenvalue weighted by molar-refractivity contribution is 0.0499. The lowest BCUT2D eigenvalue weighted by atomic mass is 9.72. The summed E-state index contributed by atoms with van der Waals surface area (Å²) in [5.74, 6) is -0.581. The summed E-state index contributed by atoms with van der Waals surface area (Å²) < 4.78 is 14.9. The van der Waals surface area contributed by atoms with E-state index in [1.54, 1.807) is 11.1 Å². The second kappa shape index (κ2) is 6.19. The van der Waals surface area contributed by atoms with Crippen molar-refractivity contribution < 1.29 is 19.4 Å². The van der Waals surface area contributed by atoms with Crippen molar-refractivity contribution in [2.45, 2.75) is 50.3 Å². The first-order valence-electron chi connectivity index (χ1n) is 9.06. The Morgan fingerprint density at radius 2 is 2.04 bits per heavy atom. The summed E-state index contributed by atoms with van der Waals surface area (Å²) in [4.78, 5) is 13.0. The lowest BCUT2D eigenvalue weighted by Gasteiger charge is -2.37. The Morgan fingerprint density at radius 3 is 2.69 bits per heavy atom. The van der Waals surface area contributed by atoms with Gasteiger partial charge in [0, 0.05) is 24.2 Å². The monoisotopic (exact) mass is 362 g/mol. The van der Waals surface area contributed by atoms with Crippen LogP contribution in [0.15, 0.2) is 28.5 Å². The molecule has 8 heteroatoms. The van der Waals surface area contributed by atoms with E-state index in [1.165, 1.54) is 17.0 Å². The van der Waals surface area contributed by atoms with E-state index in [1.807, 2.05) is 6.92 Å². The summed E-state index contributed by atoms with van der Waals surface area (Å²) in [6.07, 6.45) is 1.22. The number of nitrogens with zero attached hydrogens (tertiary/aromatic N) is 4. The topological polar surface area (TPSA) is 88.7 Å². The molecule has 1 amide bonds. The minimum Gasteiger partial charge on any atom is -0.465 e. The largest absolute Gasteiger partial charge is 0.465 e. The molecule has 0 spiro atoms. The molecule has 0 unspecified atom stereocenters. The Kier molecular flexibility index (Phi) is 4.10. The average molecular weight is 362 g/mol. The molecule has 1 saturated carbocycles. The summed E-state index contributed by atoms with van der Waals surface area (Å²) in [5, 5.41) is 30.2. The van der Waals surface area contributed by atoms with Crippen LogP contribution in [-0.4, -0.2) is 50.9 Å². The van der Waals surface area contributed by atoms with Gasteiger partial charge in [-0.25, -0.2) is 9.18 Å². The van der Waals surface area contributed by atoms with Gasteiger partial charge in [0.05, 0.1) is 6.04 Å². The van der Waals surface area contributed by atoms with E-state index in [0.29, 0.717) is 12.8 Å². The third-order valence-electron chi connectivity index (χ3n) is 5.98. The van der Waals surface area contributed by atoms with Gasteiger partial charge in [0.2, 0.25) is 0 Å². The molecule has 1 aliphatic carbocycles. The van der Waals surface area contributed by atoms with E-state index < -0.39 is 29.6 Å². The van der Waals surface area contributed by atoms with E-state index in [-0.39, 0.29) is 17.2 Å². The highest BCUT2D eigenvalue weighted by molar-refractivity contribution is 5.68. The number of aliphatic hydroxyl groups is 1. The fraction of sp³-hybridized carbons (Fsp3) is 0.611. The predicted octanol–water partition coefficient (Wildman–Crippen LogP) is 3.48. The smallest absolute Gasteiger partial charge is 0.408 e. The van der Waals surface area contributed by atoms with Crippen molar-refractivity contribution in [3.63, 3.8) is 0 Å². The Hall–Kier alpha value is -2.22. The number of carboxylic acid groups (broad SMARTS) is 1. The van der Waals surface area contributed by atoms with Gasteiger partial charge in [0.15, 0.2) is 5.82 Å². The van der Waals surface area contributed by atoms with E-state index >= 15 is 0 Å². The van der Waals surface area contributed by atoms with Gasteiger partial charge in [-0.15, -0.1) is 5.11 Å². The fourth-order valence-electron chi connectivity index (χ4n) is 4.76. The third-order valence-corrected chi connectivity index (χ3v) is 5.98. The first kappa shape index (κ1) is 17.2. The van der Waals surface area contributed by atoms with Crippen LogP contribution in [0.3, 0.4) is 0 Å². The number of halogens is 1. The predicted molar refractivity (Wildman–Crippen MR) is 91.5 cm³/mol. The van der Waals surface area contributed by atoms with Crippen LogP contribution in [0.25, 0.3) is 0 Å². The van der Waals surface area contributed by atoms with Gasteiger partial charge in [-0.05, 0) is 44.6 Å². The molecule has 2 bridgehead atoms. The second-order valence-corrected chi connectivity index (χ2v) is 7.78. The number of carbonyl (C=O) groups is 1. The van der Waals surface area contributed by atoms with Crippen LogP contribution in [0.5, 0.6) is 0 Å². The van der Waals surface area contributed by atoms with Crippen LogP contribution in [0.2, 0.25) is 0 Å². The Balaban J connectivity index is 1.59. The van der Waals surface area contributed by atoms with E-state index in [2.05, 4.69) is 10.3 Å². The number of rotatable bonds is 4. The molecule has 7 nitrogen and oxygen atoms in total. The van der Waals surface area contributed by atoms with E-state index in [9.17, 15) is 19.4 Å². The zero-order valence-corrected chi connectivity index (χ0v) is 14.7. The molecule has 1 aromatic rings. The van der Waals surface area contributed by atoms with Crippen LogP contribution < -0.4 is 0 Å². The van der Waals surface area contributed by atoms with E-state index in [0.717, 1.165) is 25.9 Å². The summed E-state index contributed by atoms with van der Waals surface area (Å²) >= 11 is 0. The number of aliphatic hydroxyl groups excluding tert-OH is 1. The van der Waals surface area contributed by atoms with Crippen molar-refractivity contribution >= 4 is 11.8 Å². The highest BCUT2D eigenvalue weighted by Gasteiger charge is 2.63. The molecular formula is C18H23FN4O3. The van der Waals surface area contributed by atoms with Crippen molar-refractivity contribution in [3.8, 4) is 0 Å². The highest BCUT2D eigenvalue weighted by atomic mass is 19.1. The highest BCUT2D eigenvalue weighted by Crippen LogP contribution is 2.57. The molecule has 2 atom stereocenters. The van der Waals surface area contributed by atoms with Gasteiger partial charge in [-0.2, -0.15) is 0 Å². The normalized spacial score (nSPS) is 31.5. The Labute approximate surface area is 151 Å². The van der Waals surface area contributed by atoms with Crippen molar-refractivity contribution in [2.75, 3.05) is 13.1 Å². The Bertz CT molecular complexity index is 744. The molecule has 140 valence electrons. The van der Waals surface area contributed by atoms with Crippen LogP contribution in [0, 0.1) is 11.7 Å². The fourth-order valence-corrected chi connectivity index (χ4v) is 4.76. The molecule has 3 aliphatic heterocycles. The van der Waals surface area contributed by atoms with Crippen LogP contribution in [0.1, 0.15) is 44.3 Å². The molecule has 1 aromatic carbocycles. The summed E-state index contributed by atoms with van der Waals surface area (Å²) in [6.45, 7) is 3.49. The van der Waals surface area contributed by atoms with Crippen LogP contribution in [-0.2, 0) is 0 Å². The van der Waals surface area contributed by atoms with Gasteiger partial charge >= 0.3 is 6.09 Å². The second-order valence-electron chi connectivity index (χ2n) is 7.78.